The van der Waals surface area contributed by atoms with Gasteiger partial charge in [0.15, 0.2) is 0 Å². The molecule has 0 aromatic carbocycles. The van der Waals surface area contributed by atoms with E-state index in [1.54, 1.807) is 0 Å². The summed E-state index contributed by atoms with van der Waals surface area (Å²) in [4.78, 5) is 12.3. The van der Waals surface area contributed by atoms with Gasteiger partial charge in [0.05, 0.1) is 5.38 Å². The van der Waals surface area contributed by atoms with Gasteiger partial charge >= 0.3 is 0 Å². The normalized spacial score (nSPS) is 38.8. The second-order valence-electron chi connectivity index (χ2n) is 8.63. The Kier molecular flexibility index (Phi) is 4.55. The van der Waals surface area contributed by atoms with Crippen LogP contribution in [0, 0.1) is 29.1 Å². The molecule has 1 N–H and O–H groups in total. The zero-order valence-electron chi connectivity index (χ0n) is 13.5. The van der Waals surface area contributed by atoms with Crippen LogP contribution in [0.1, 0.15) is 65.2 Å². The maximum atomic E-state index is 12.3. The van der Waals surface area contributed by atoms with Gasteiger partial charge in [-0.15, -0.1) is 11.6 Å². The molecule has 21 heavy (non-hydrogen) atoms. The van der Waals surface area contributed by atoms with Crippen molar-refractivity contribution in [1.29, 1.82) is 0 Å². The van der Waals surface area contributed by atoms with Gasteiger partial charge in [0.1, 0.15) is 0 Å². The molecule has 3 heteroatoms. The summed E-state index contributed by atoms with van der Waals surface area (Å²) < 4.78 is 0. The fraction of sp³-hybridized carbons (Fsp3) is 0.944. The van der Waals surface area contributed by atoms with Gasteiger partial charge in [-0.25, -0.2) is 0 Å². The Hall–Kier alpha value is -0.240. The molecule has 1 amide bonds. The molecule has 2 nitrogen and oxygen atoms in total. The minimum atomic E-state index is 0.0744. The van der Waals surface area contributed by atoms with Crippen molar-refractivity contribution >= 4 is 17.5 Å². The van der Waals surface area contributed by atoms with Crippen LogP contribution in [0.3, 0.4) is 0 Å². The first-order valence-corrected chi connectivity index (χ1v) is 9.28. The second kappa shape index (κ2) is 6.10. The molecule has 4 aliphatic rings. The van der Waals surface area contributed by atoms with Crippen molar-refractivity contribution in [3.8, 4) is 0 Å². The summed E-state index contributed by atoms with van der Waals surface area (Å²) in [6, 6.07) is 0. The van der Waals surface area contributed by atoms with Crippen LogP contribution in [0.2, 0.25) is 0 Å². The van der Waals surface area contributed by atoms with E-state index in [4.69, 9.17) is 11.6 Å². The Morgan fingerprint density at radius 3 is 2.14 bits per heavy atom. The molecule has 0 radical (unpaired) electrons. The lowest BCUT2D eigenvalue weighted by Crippen LogP contribution is -2.48. The van der Waals surface area contributed by atoms with Crippen LogP contribution in [0.15, 0.2) is 0 Å². The molecule has 4 fully saturated rings. The van der Waals surface area contributed by atoms with Gasteiger partial charge in [-0.05, 0) is 74.0 Å². The molecular formula is C18H30ClNO. The fourth-order valence-corrected chi connectivity index (χ4v) is 6.16. The number of carbonyl (C=O) groups excluding carboxylic acids is 1. The second-order valence-corrected chi connectivity index (χ2v) is 9.24. The van der Waals surface area contributed by atoms with E-state index in [2.05, 4.69) is 19.2 Å². The molecule has 4 aliphatic carbocycles. The van der Waals surface area contributed by atoms with Gasteiger partial charge in [0.25, 0.3) is 0 Å². The minimum absolute atomic E-state index is 0.0744. The molecular weight excluding hydrogens is 282 g/mol. The minimum Gasteiger partial charge on any atom is -0.355 e. The predicted molar refractivity (Wildman–Crippen MR) is 87.3 cm³/mol. The SMILES string of the molecule is CC(C)CC(Cl)CNC(=O)CC12CC3CC(CC(C3)C1)C2. The molecule has 0 spiro atoms. The van der Waals surface area contributed by atoms with E-state index in [1.807, 2.05) is 0 Å². The average molecular weight is 312 g/mol. The van der Waals surface area contributed by atoms with Gasteiger partial charge in [0, 0.05) is 13.0 Å². The number of halogens is 1. The van der Waals surface area contributed by atoms with Crippen LogP contribution in [-0.2, 0) is 4.79 Å². The highest BCUT2D eigenvalue weighted by Crippen LogP contribution is 2.61. The van der Waals surface area contributed by atoms with E-state index in [0.717, 1.165) is 30.6 Å². The third kappa shape index (κ3) is 3.75. The number of nitrogens with one attached hydrogen (secondary N) is 1. The van der Waals surface area contributed by atoms with Crippen LogP contribution in [0.25, 0.3) is 0 Å². The van der Waals surface area contributed by atoms with Crippen LogP contribution in [-0.4, -0.2) is 17.8 Å². The first-order valence-electron chi connectivity index (χ1n) is 8.85. The highest BCUT2D eigenvalue weighted by atomic mass is 35.5. The highest BCUT2D eigenvalue weighted by Gasteiger charge is 2.51. The van der Waals surface area contributed by atoms with Crippen molar-refractivity contribution in [2.24, 2.45) is 29.1 Å². The lowest BCUT2D eigenvalue weighted by molar-refractivity contribution is -0.129. The van der Waals surface area contributed by atoms with Crippen molar-refractivity contribution in [2.75, 3.05) is 6.54 Å². The Morgan fingerprint density at radius 1 is 1.14 bits per heavy atom. The number of alkyl halides is 1. The summed E-state index contributed by atoms with van der Waals surface area (Å²) in [5.74, 6) is 3.60. The molecule has 120 valence electrons. The summed E-state index contributed by atoms with van der Waals surface area (Å²) in [7, 11) is 0. The largest absolute Gasteiger partial charge is 0.355 e. The van der Waals surface area contributed by atoms with E-state index in [-0.39, 0.29) is 11.3 Å². The van der Waals surface area contributed by atoms with Crippen molar-refractivity contribution in [3.05, 3.63) is 0 Å². The van der Waals surface area contributed by atoms with Gasteiger partial charge in [-0.2, -0.15) is 0 Å². The summed E-state index contributed by atoms with van der Waals surface area (Å²) in [5.41, 5.74) is 0.346. The zero-order chi connectivity index (χ0) is 15.0. The molecule has 1 atom stereocenters. The van der Waals surface area contributed by atoms with E-state index >= 15 is 0 Å². The number of hydrogen-bond donors (Lipinski definition) is 1. The Balaban J connectivity index is 1.49. The van der Waals surface area contributed by atoms with Crippen molar-refractivity contribution < 1.29 is 4.79 Å². The lowest BCUT2D eigenvalue weighted by atomic mass is 9.49. The lowest BCUT2D eigenvalue weighted by Gasteiger charge is -2.56. The molecule has 0 aromatic rings. The topological polar surface area (TPSA) is 29.1 Å². The van der Waals surface area contributed by atoms with Crippen LogP contribution in [0.4, 0.5) is 0 Å². The average Bonchev–Trinajstić information content (AvgIpc) is 2.33. The van der Waals surface area contributed by atoms with Crippen molar-refractivity contribution in [1.82, 2.24) is 5.32 Å². The van der Waals surface area contributed by atoms with Crippen molar-refractivity contribution in [2.45, 2.75) is 70.6 Å². The van der Waals surface area contributed by atoms with E-state index in [0.29, 0.717) is 17.9 Å². The van der Waals surface area contributed by atoms with Crippen LogP contribution >= 0.6 is 11.6 Å². The quantitative estimate of drug-likeness (QED) is 0.725. The molecule has 0 aliphatic heterocycles. The number of amides is 1. The Morgan fingerprint density at radius 2 is 1.67 bits per heavy atom. The monoisotopic (exact) mass is 311 g/mol. The van der Waals surface area contributed by atoms with Crippen molar-refractivity contribution in [3.63, 3.8) is 0 Å². The smallest absolute Gasteiger partial charge is 0.220 e. The van der Waals surface area contributed by atoms with E-state index in [1.165, 1.54) is 38.5 Å². The third-order valence-electron chi connectivity index (χ3n) is 5.95. The zero-order valence-corrected chi connectivity index (χ0v) is 14.3. The molecule has 1 unspecified atom stereocenters. The van der Waals surface area contributed by atoms with Gasteiger partial charge in [0.2, 0.25) is 5.91 Å². The molecule has 0 saturated heterocycles. The summed E-state index contributed by atoms with van der Waals surface area (Å²) in [6.07, 6.45) is 9.98. The molecule has 4 bridgehead atoms. The van der Waals surface area contributed by atoms with Crippen LogP contribution in [0.5, 0.6) is 0 Å². The third-order valence-corrected chi connectivity index (χ3v) is 6.28. The maximum absolute atomic E-state index is 12.3. The maximum Gasteiger partial charge on any atom is 0.220 e. The number of carbonyl (C=O) groups is 1. The van der Waals surface area contributed by atoms with Crippen LogP contribution < -0.4 is 5.32 Å². The predicted octanol–water partition coefficient (Wildman–Crippen LogP) is 4.36. The first kappa shape index (κ1) is 15.6. The van der Waals surface area contributed by atoms with Gasteiger partial charge < -0.3 is 5.32 Å². The Labute approximate surface area is 134 Å². The number of hydrogen-bond acceptors (Lipinski definition) is 1. The molecule has 0 heterocycles. The summed E-state index contributed by atoms with van der Waals surface area (Å²) >= 11 is 6.28. The molecule has 4 rings (SSSR count). The van der Waals surface area contributed by atoms with Gasteiger partial charge in [-0.3, -0.25) is 4.79 Å². The molecule has 4 saturated carbocycles. The molecule has 0 aromatic heterocycles. The standard InChI is InChI=1S/C18H30ClNO/c1-12(2)3-16(19)11-20-17(21)10-18-7-13-4-14(8-18)6-15(5-13)9-18/h12-16H,3-11H2,1-2H3,(H,20,21). The summed E-state index contributed by atoms with van der Waals surface area (Å²) in [5, 5.41) is 3.17. The Bertz CT molecular complexity index is 357. The van der Waals surface area contributed by atoms with E-state index < -0.39 is 0 Å². The number of rotatable bonds is 6. The van der Waals surface area contributed by atoms with E-state index in [9.17, 15) is 4.79 Å². The van der Waals surface area contributed by atoms with Gasteiger partial charge in [-0.1, -0.05) is 13.8 Å². The first-order chi connectivity index (χ1) is 9.94. The fourth-order valence-electron chi connectivity index (χ4n) is 5.73. The summed E-state index contributed by atoms with van der Waals surface area (Å²) in [6.45, 7) is 4.98. The highest BCUT2D eigenvalue weighted by molar-refractivity contribution is 6.20.